The molecule has 1 saturated heterocycles. The lowest BCUT2D eigenvalue weighted by Crippen LogP contribution is -2.48. The maximum absolute atomic E-state index is 12.4. The molecule has 1 aliphatic rings. The number of rotatable bonds is 4. The Balaban J connectivity index is 2.01. The first-order chi connectivity index (χ1) is 9.22. The zero-order chi connectivity index (χ0) is 13.7. The Kier molecular flexibility index (Phi) is 4.74. The topological polar surface area (TPSA) is 65.5 Å². The minimum absolute atomic E-state index is 0.0452. The monoisotopic (exact) mass is 263 g/mol. The van der Waals surface area contributed by atoms with E-state index < -0.39 is 0 Å². The molecular weight excluding hydrogens is 242 g/mol. The van der Waals surface area contributed by atoms with Gasteiger partial charge < -0.3 is 15.3 Å². The third-order valence-electron chi connectivity index (χ3n) is 3.42. The van der Waals surface area contributed by atoms with Crippen molar-refractivity contribution in [3.8, 4) is 5.75 Å². The van der Waals surface area contributed by atoms with E-state index in [1.807, 2.05) is 4.90 Å². The second-order valence-corrected chi connectivity index (χ2v) is 4.94. The molecule has 0 spiro atoms. The first-order valence-corrected chi connectivity index (χ1v) is 6.88. The van der Waals surface area contributed by atoms with Gasteiger partial charge in [-0.15, -0.1) is 0 Å². The summed E-state index contributed by atoms with van der Waals surface area (Å²) in [6.07, 6.45) is 6.04. The van der Waals surface area contributed by atoms with Gasteiger partial charge >= 0.3 is 0 Å². The van der Waals surface area contributed by atoms with Crippen molar-refractivity contribution in [2.24, 2.45) is 0 Å². The van der Waals surface area contributed by atoms with Gasteiger partial charge in [0.1, 0.15) is 5.75 Å². The number of nitrogens with one attached hydrogen (secondary N) is 1. The first-order valence-electron chi connectivity index (χ1n) is 6.88. The maximum Gasteiger partial charge on any atom is 0.257 e. The highest BCUT2D eigenvalue weighted by Crippen LogP contribution is 2.19. The zero-order valence-corrected chi connectivity index (χ0v) is 11.3. The minimum atomic E-state index is -0.108. The SMILES string of the molecule is CCCNC1CCCN(C(=O)c2ccncc2O)C1. The van der Waals surface area contributed by atoms with Crippen molar-refractivity contribution in [2.75, 3.05) is 19.6 Å². The molecule has 104 valence electrons. The van der Waals surface area contributed by atoms with Crippen molar-refractivity contribution in [1.29, 1.82) is 0 Å². The molecule has 2 N–H and O–H groups in total. The number of carbonyl (C=O) groups is 1. The summed E-state index contributed by atoms with van der Waals surface area (Å²) in [6.45, 7) is 4.58. The number of hydrogen-bond acceptors (Lipinski definition) is 4. The van der Waals surface area contributed by atoms with E-state index in [4.69, 9.17) is 0 Å². The van der Waals surface area contributed by atoms with Gasteiger partial charge in [0.05, 0.1) is 11.8 Å². The van der Waals surface area contributed by atoms with E-state index >= 15 is 0 Å². The third kappa shape index (κ3) is 3.44. The van der Waals surface area contributed by atoms with Crippen LogP contribution in [-0.2, 0) is 0 Å². The standard InChI is InChI=1S/C14H21N3O2/c1-2-6-16-11-4-3-8-17(10-11)14(19)12-5-7-15-9-13(12)18/h5,7,9,11,16,18H,2-4,6,8,10H2,1H3. The number of aromatic hydroxyl groups is 1. The fourth-order valence-corrected chi connectivity index (χ4v) is 2.41. The van der Waals surface area contributed by atoms with Crippen molar-refractivity contribution >= 4 is 5.91 Å². The number of pyridine rings is 1. The Labute approximate surface area is 113 Å². The molecule has 1 aromatic rings. The number of nitrogens with zero attached hydrogens (tertiary/aromatic N) is 2. The Morgan fingerprint density at radius 2 is 2.47 bits per heavy atom. The molecule has 1 aromatic heterocycles. The zero-order valence-electron chi connectivity index (χ0n) is 11.3. The molecule has 0 aliphatic carbocycles. The van der Waals surface area contributed by atoms with Crippen LogP contribution in [0.3, 0.4) is 0 Å². The second kappa shape index (κ2) is 6.52. The van der Waals surface area contributed by atoms with Crippen LogP contribution in [0.1, 0.15) is 36.5 Å². The average molecular weight is 263 g/mol. The maximum atomic E-state index is 12.4. The molecule has 1 fully saturated rings. The number of amides is 1. The van der Waals surface area contributed by atoms with Crippen LogP contribution < -0.4 is 5.32 Å². The lowest BCUT2D eigenvalue weighted by Gasteiger charge is -2.33. The fourth-order valence-electron chi connectivity index (χ4n) is 2.41. The van der Waals surface area contributed by atoms with Gasteiger partial charge in [-0.25, -0.2) is 0 Å². The summed E-state index contributed by atoms with van der Waals surface area (Å²) in [5.41, 5.74) is 0.339. The summed E-state index contributed by atoms with van der Waals surface area (Å²) in [5.74, 6) is -0.154. The number of piperidine rings is 1. The average Bonchev–Trinajstić information content (AvgIpc) is 2.45. The van der Waals surface area contributed by atoms with Crippen molar-refractivity contribution in [2.45, 2.75) is 32.2 Å². The number of hydrogen-bond donors (Lipinski definition) is 2. The normalized spacial score (nSPS) is 19.4. The smallest absolute Gasteiger partial charge is 0.257 e. The van der Waals surface area contributed by atoms with Gasteiger partial charge in [-0.05, 0) is 31.9 Å². The summed E-state index contributed by atoms with van der Waals surface area (Å²) >= 11 is 0. The molecule has 19 heavy (non-hydrogen) atoms. The minimum Gasteiger partial charge on any atom is -0.505 e. The van der Waals surface area contributed by atoms with E-state index in [9.17, 15) is 9.90 Å². The highest BCUT2D eigenvalue weighted by molar-refractivity contribution is 5.96. The van der Waals surface area contributed by atoms with Crippen molar-refractivity contribution < 1.29 is 9.90 Å². The predicted molar refractivity (Wildman–Crippen MR) is 73.1 cm³/mol. The molecule has 1 atom stereocenters. The van der Waals surface area contributed by atoms with Crippen LogP contribution >= 0.6 is 0 Å². The quantitative estimate of drug-likeness (QED) is 0.861. The summed E-state index contributed by atoms with van der Waals surface area (Å²) < 4.78 is 0. The molecule has 1 aliphatic heterocycles. The Morgan fingerprint density at radius 1 is 1.63 bits per heavy atom. The number of carbonyl (C=O) groups excluding carboxylic acids is 1. The summed E-state index contributed by atoms with van der Waals surface area (Å²) in [6, 6.07) is 1.93. The summed E-state index contributed by atoms with van der Waals surface area (Å²) in [5, 5.41) is 13.1. The Hall–Kier alpha value is -1.62. The van der Waals surface area contributed by atoms with Crippen LogP contribution in [-0.4, -0.2) is 46.6 Å². The van der Waals surface area contributed by atoms with Gasteiger partial charge in [-0.3, -0.25) is 9.78 Å². The highest BCUT2D eigenvalue weighted by Gasteiger charge is 2.25. The van der Waals surface area contributed by atoms with Crippen LogP contribution in [0.2, 0.25) is 0 Å². The molecule has 2 heterocycles. The molecule has 0 aromatic carbocycles. The highest BCUT2D eigenvalue weighted by atomic mass is 16.3. The van der Waals surface area contributed by atoms with E-state index in [1.54, 1.807) is 6.07 Å². The molecule has 1 unspecified atom stereocenters. The van der Waals surface area contributed by atoms with Crippen molar-refractivity contribution in [3.63, 3.8) is 0 Å². The molecule has 2 rings (SSSR count). The predicted octanol–water partition coefficient (Wildman–Crippen LogP) is 1.39. The van der Waals surface area contributed by atoms with Crippen LogP contribution in [0.15, 0.2) is 18.5 Å². The number of likely N-dealkylation sites (tertiary alicyclic amines) is 1. The molecule has 1 amide bonds. The van der Waals surface area contributed by atoms with Gasteiger partial charge in [0, 0.05) is 25.3 Å². The van der Waals surface area contributed by atoms with Gasteiger partial charge in [0.25, 0.3) is 5.91 Å². The van der Waals surface area contributed by atoms with Crippen molar-refractivity contribution in [1.82, 2.24) is 15.2 Å². The first kappa shape index (κ1) is 13.8. The van der Waals surface area contributed by atoms with E-state index in [-0.39, 0.29) is 11.7 Å². The largest absolute Gasteiger partial charge is 0.505 e. The van der Waals surface area contributed by atoms with Crippen LogP contribution in [0, 0.1) is 0 Å². The van der Waals surface area contributed by atoms with E-state index in [0.29, 0.717) is 18.2 Å². The Morgan fingerprint density at radius 3 is 3.21 bits per heavy atom. The van der Waals surface area contributed by atoms with Crippen molar-refractivity contribution in [3.05, 3.63) is 24.0 Å². The van der Waals surface area contributed by atoms with Gasteiger partial charge in [0.2, 0.25) is 0 Å². The van der Waals surface area contributed by atoms with Gasteiger partial charge in [0.15, 0.2) is 0 Å². The van der Waals surface area contributed by atoms with Gasteiger partial charge in [-0.2, -0.15) is 0 Å². The molecule has 0 bridgehead atoms. The van der Waals surface area contributed by atoms with E-state index in [1.165, 1.54) is 12.4 Å². The Bertz CT molecular complexity index is 436. The number of aromatic nitrogens is 1. The lowest BCUT2D eigenvalue weighted by atomic mass is 10.0. The molecule has 0 saturated carbocycles. The molecular formula is C14H21N3O2. The molecule has 5 heteroatoms. The van der Waals surface area contributed by atoms with Crippen LogP contribution in [0.4, 0.5) is 0 Å². The lowest BCUT2D eigenvalue weighted by molar-refractivity contribution is 0.0692. The van der Waals surface area contributed by atoms with E-state index in [0.717, 1.165) is 32.4 Å². The summed E-state index contributed by atoms with van der Waals surface area (Å²) in [4.78, 5) is 18.0. The van der Waals surface area contributed by atoms with Crippen LogP contribution in [0.5, 0.6) is 5.75 Å². The molecule has 0 radical (unpaired) electrons. The molecule has 5 nitrogen and oxygen atoms in total. The second-order valence-electron chi connectivity index (χ2n) is 4.94. The third-order valence-corrected chi connectivity index (χ3v) is 3.42. The van der Waals surface area contributed by atoms with Crippen LogP contribution in [0.25, 0.3) is 0 Å². The van der Waals surface area contributed by atoms with E-state index in [2.05, 4.69) is 17.2 Å². The summed E-state index contributed by atoms with van der Waals surface area (Å²) in [7, 11) is 0. The fraction of sp³-hybridized carbons (Fsp3) is 0.571. The van der Waals surface area contributed by atoms with Gasteiger partial charge in [-0.1, -0.05) is 6.92 Å².